The van der Waals surface area contributed by atoms with E-state index >= 15 is 0 Å². The average molecular weight is 175 g/mol. The van der Waals surface area contributed by atoms with Crippen molar-refractivity contribution in [1.29, 1.82) is 0 Å². The molecule has 1 fully saturated rings. The number of carboxylic acids is 1. The third kappa shape index (κ3) is 1.68. The zero-order valence-electron chi connectivity index (χ0n) is 6.96. The highest BCUT2D eigenvalue weighted by atomic mass is 32.2. The largest absolute Gasteiger partial charge is 0.544 e. The standard InChI is InChI=1S/C7H13NO2S/c1-4-8-5(6(9)10)7(2,3)11-4/h4-5,8H,1-3H3,(H,9,10)/t4-,5-/m0/s1. The van der Waals surface area contributed by atoms with E-state index in [0.717, 1.165) is 0 Å². The predicted octanol–water partition coefficient (Wildman–Crippen LogP) is -1.46. The minimum absolute atomic E-state index is 0.196. The molecule has 1 saturated heterocycles. The lowest BCUT2D eigenvalue weighted by atomic mass is 10.0. The monoisotopic (exact) mass is 175 g/mol. The first-order valence-corrected chi connectivity index (χ1v) is 4.55. The fourth-order valence-electron chi connectivity index (χ4n) is 1.46. The van der Waals surface area contributed by atoms with Crippen LogP contribution in [0.1, 0.15) is 20.8 Å². The van der Waals surface area contributed by atoms with E-state index in [-0.39, 0.29) is 4.75 Å². The number of nitrogens with two attached hydrogens (primary N) is 1. The fraction of sp³-hybridized carbons (Fsp3) is 0.857. The van der Waals surface area contributed by atoms with Crippen LogP contribution < -0.4 is 10.4 Å². The Kier molecular flexibility index (Phi) is 2.16. The van der Waals surface area contributed by atoms with Crippen LogP contribution in [0, 0.1) is 0 Å². The van der Waals surface area contributed by atoms with Crippen molar-refractivity contribution in [2.45, 2.75) is 36.9 Å². The molecule has 0 spiro atoms. The van der Waals surface area contributed by atoms with Crippen molar-refractivity contribution < 1.29 is 15.2 Å². The van der Waals surface area contributed by atoms with Crippen molar-refractivity contribution in [3.05, 3.63) is 0 Å². The van der Waals surface area contributed by atoms with Gasteiger partial charge in [-0.05, 0) is 20.8 Å². The Morgan fingerprint density at radius 2 is 2.18 bits per heavy atom. The second kappa shape index (κ2) is 2.68. The molecule has 0 aliphatic carbocycles. The smallest absolute Gasteiger partial charge is 0.141 e. The van der Waals surface area contributed by atoms with Crippen LogP contribution in [-0.2, 0) is 4.79 Å². The molecule has 1 aliphatic heterocycles. The Morgan fingerprint density at radius 1 is 1.64 bits per heavy atom. The number of carboxylic acid groups (broad SMARTS) is 1. The van der Waals surface area contributed by atoms with Crippen LogP contribution in [-0.4, -0.2) is 22.1 Å². The highest BCUT2D eigenvalue weighted by Crippen LogP contribution is 2.32. The van der Waals surface area contributed by atoms with Gasteiger partial charge in [-0.25, -0.2) is 0 Å². The Balaban J connectivity index is 2.74. The van der Waals surface area contributed by atoms with Gasteiger partial charge in [-0.15, -0.1) is 0 Å². The topological polar surface area (TPSA) is 56.7 Å². The number of hydrogen-bond donors (Lipinski definition) is 1. The molecule has 1 rings (SSSR count). The summed E-state index contributed by atoms with van der Waals surface area (Å²) in [4.78, 5) is 10.6. The van der Waals surface area contributed by atoms with E-state index in [0.29, 0.717) is 5.37 Å². The predicted molar refractivity (Wildman–Crippen MR) is 41.9 cm³/mol. The number of rotatable bonds is 1. The number of aliphatic carboxylic acids is 1. The zero-order valence-corrected chi connectivity index (χ0v) is 7.77. The lowest BCUT2D eigenvalue weighted by Gasteiger charge is -2.21. The van der Waals surface area contributed by atoms with E-state index in [1.165, 1.54) is 0 Å². The summed E-state index contributed by atoms with van der Waals surface area (Å²) in [5.41, 5.74) is 0. The molecule has 64 valence electrons. The molecule has 0 unspecified atom stereocenters. The third-order valence-electron chi connectivity index (χ3n) is 1.96. The lowest BCUT2D eigenvalue weighted by Crippen LogP contribution is -2.95. The van der Waals surface area contributed by atoms with E-state index in [4.69, 9.17) is 0 Å². The van der Waals surface area contributed by atoms with Crippen molar-refractivity contribution in [3.8, 4) is 0 Å². The van der Waals surface area contributed by atoms with E-state index in [2.05, 4.69) is 0 Å². The molecule has 0 bridgehead atoms. The highest BCUT2D eigenvalue weighted by molar-refractivity contribution is 8.01. The normalized spacial score (nSPS) is 35.5. The van der Waals surface area contributed by atoms with Crippen LogP contribution in [0.3, 0.4) is 0 Å². The SMILES string of the molecule is C[C@H]1[NH2+][C@@H](C(=O)[O-])C(C)(C)S1. The highest BCUT2D eigenvalue weighted by Gasteiger charge is 2.43. The molecule has 0 aromatic heterocycles. The summed E-state index contributed by atoms with van der Waals surface area (Å²) in [6.45, 7) is 5.89. The van der Waals surface area contributed by atoms with Gasteiger partial charge in [0, 0.05) is 0 Å². The number of carbonyl (C=O) groups is 1. The maximum Gasteiger partial charge on any atom is 0.141 e. The minimum atomic E-state index is -0.952. The molecule has 1 aliphatic rings. The zero-order chi connectivity index (χ0) is 8.65. The van der Waals surface area contributed by atoms with Crippen LogP contribution in [0.4, 0.5) is 0 Å². The molecule has 1 heterocycles. The summed E-state index contributed by atoms with van der Waals surface area (Å²) in [6.07, 6.45) is 0. The first kappa shape index (κ1) is 8.87. The van der Waals surface area contributed by atoms with E-state index in [1.807, 2.05) is 26.1 Å². The maximum atomic E-state index is 10.6. The Labute approximate surface area is 70.6 Å². The van der Waals surface area contributed by atoms with Gasteiger partial charge in [0.15, 0.2) is 0 Å². The molecule has 0 saturated carbocycles. The maximum absolute atomic E-state index is 10.6. The quantitative estimate of drug-likeness (QED) is 0.530. The molecule has 0 aromatic carbocycles. The first-order chi connectivity index (χ1) is 4.93. The van der Waals surface area contributed by atoms with Crippen LogP contribution in [0.2, 0.25) is 0 Å². The van der Waals surface area contributed by atoms with Crippen LogP contribution in [0.25, 0.3) is 0 Å². The van der Waals surface area contributed by atoms with Crippen molar-refractivity contribution in [1.82, 2.24) is 0 Å². The van der Waals surface area contributed by atoms with Crippen molar-refractivity contribution in [2.24, 2.45) is 0 Å². The number of thioether (sulfide) groups is 1. The van der Waals surface area contributed by atoms with Gasteiger partial charge in [-0.3, -0.25) is 0 Å². The van der Waals surface area contributed by atoms with Crippen LogP contribution in [0.15, 0.2) is 0 Å². The van der Waals surface area contributed by atoms with Gasteiger partial charge in [0.05, 0.1) is 4.75 Å². The lowest BCUT2D eigenvalue weighted by molar-refractivity contribution is -0.687. The number of quaternary nitrogens is 1. The van der Waals surface area contributed by atoms with Crippen molar-refractivity contribution >= 4 is 17.7 Å². The molecule has 3 nitrogen and oxygen atoms in total. The summed E-state index contributed by atoms with van der Waals surface area (Å²) < 4.78 is -0.196. The second-order valence-corrected chi connectivity index (χ2v) is 5.45. The van der Waals surface area contributed by atoms with Gasteiger partial charge in [0.2, 0.25) is 0 Å². The number of hydrogen-bond acceptors (Lipinski definition) is 3. The van der Waals surface area contributed by atoms with Gasteiger partial charge in [-0.1, -0.05) is 11.8 Å². The molecular weight excluding hydrogens is 162 g/mol. The molecule has 4 heteroatoms. The van der Waals surface area contributed by atoms with Gasteiger partial charge < -0.3 is 15.2 Å². The van der Waals surface area contributed by atoms with Crippen LogP contribution in [0.5, 0.6) is 0 Å². The van der Waals surface area contributed by atoms with E-state index < -0.39 is 12.0 Å². The molecule has 0 radical (unpaired) electrons. The first-order valence-electron chi connectivity index (χ1n) is 3.67. The van der Waals surface area contributed by atoms with E-state index in [9.17, 15) is 9.90 Å². The third-order valence-corrected chi connectivity index (χ3v) is 3.35. The molecule has 0 aromatic rings. The summed E-state index contributed by atoms with van der Waals surface area (Å²) in [5, 5.41) is 12.8. The number of carbonyl (C=O) groups excluding carboxylic acids is 1. The van der Waals surface area contributed by atoms with Gasteiger partial charge >= 0.3 is 0 Å². The molecule has 2 atom stereocenters. The summed E-state index contributed by atoms with van der Waals surface area (Å²) in [5.74, 6) is -0.952. The Bertz CT molecular complexity index is 181. The molecule has 0 amide bonds. The summed E-state index contributed by atoms with van der Waals surface area (Å²) in [7, 11) is 0. The van der Waals surface area contributed by atoms with Crippen molar-refractivity contribution in [3.63, 3.8) is 0 Å². The summed E-state index contributed by atoms with van der Waals surface area (Å²) >= 11 is 1.68. The fourth-order valence-corrected chi connectivity index (χ4v) is 2.97. The summed E-state index contributed by atoms with van der Waals surface area (Å²) in [6, 6.07) is -0.400. The average Bonchev–Trinajstić information content (AvgIpc) is 2.04. The van der Waals surface area contributed by atoms with E-state index in [1.54, 1.807) is 11.8 Å². The van der Waals surface area contributed by atoms with Gasteiger partial charge in [0.1, 0.15) is 17.4 Å². The van der Waals surface area contributed by atoms with Crippen molar-refractivity contribution in [2.75, 3.05) is 0 Å². The molecule has 2 N–H and O–H groups in total. The molecule has 11 heavy (non-hydrogen) atoms. The minimum Gasteiger partial charge on any atom is -0.544 e. The Hall–Kier alpha value is -0.220. The molecular formula is C7H13NO2S. The Morgan fingerprint density at radius 3 is 2.36 bits per heavy atom. The van der Waals surface area contributed by atoms with Gasteiger partial charge in [-0.2, -0.15) is 0 Å². The van der Waals surface area contributed by atoms with Gasteiger partial charge in [0.25, 0.3) is 0 Å². The second-order valence-electron chi connectivity index (χ2n) is 3.42. The van der Waals surface area contributed by atoms with Crippen LogP contribution >= 0.6 is 11.8 Å².